The first-order valence-electron chi connectivity index (χ1n) is 6.14. The van der Waals surface area contributed by atoms with Gasteiger partial charge in [0.05, 0.1) is 0 Å². The fraction of sp³-hybridized carbons (Fsp3) is 0. The van der Waals surface area contributed by atoms with Crippen molar-refractivity contribution in [1.82, 2.24) is 4.98 Å². The highest BCUT2D eigenvalue weighted by Crippen LogP contribution is 2.16. The Morgan fingerprint density at radius 1 is 1.23 bits per heavy atom. The predicted octanol–water partition coefficient (Wildman–Crippen LogP) is 3.85. The molecule has 1 aromatic heterocycles. The number of nitriles is 1. The number of benzene rings is 1. The van der Waals surface area contributed by atoms with Crippen molar-refractivity contribution in [2.24, 2.45) is 0 Å². The smallest absolute Gasteiger partial charge is 0.267 e. The van der Waals surface area contributed by atoms with Crippen LogP contribution in [0.4, 0.5) is 11.5 Å². The highest BCUT2D eigenvalue weighted by Gasteiger charge is 2.09. The number of nitrogens with zero attached hydrogens (tertiary/aromatic N) is 2. The number of pyridine rings is 1. The van der Waals surface area contributed by atoms with Crippen LogP contribution in [0.15, 0.2) is 54.4 Å². The van der Waals surface area contributed by atoms with E-state index in [1.807, 2.05) is 6.07 Å². The van der Waals surface area contributed by atoms with E-state index in [0.717, 1.165) is 0 Å². The first-order valence-corrected chi connectivity index (χ1v) is 6.89. The summed E-state index contributed by atoms with van der Waals surface area (Å²) in [6.45, 7) is 0. The summed E-state index contributed by atoms with van der Waals surface area (Å²) in [5.41, 5.74) is 0.390. The van der Waals surface area contributed by atoms with Crippen LogP contribution < -0.4 is 10.6 Å². The van der Waals surface area contributed by atoms with Crippen LogP contribution in [-0.2, 0) is 4.79 Å². The summed E-state index contributed by atoms with van der Waals surface area (Å²) >= 11 is 11.7. The molecule has 110 valence electrons. The lowest BCUT2D eigenvalue weighted by molar-refractivity contribution is -0.112. The predicted molar refractivity (Wildman–Crippen MR) is 86.6 cm³/mol. The van der Waals surface area contributed by atoms with E-state index < -0.39 is 5.91 Å². The van der Waals surface area contributed by atoms with Gasteiger partial charge in [0.2, 0.25) is 0 Å². The average molecular weight is 333 g/mol. The number of carbonyl (C=O) groups is 1. The summed E-state index contributed by atoms with van der Waals surface area (Å²) in [5.74, 6) is -0.130. The second-order valence-corrected chi connectivity index (χ2v) is 5.01. The van der Waals surface area contributed by atoms with Gasteiger partial charge in [0.1, 0.15) is 17.5 Å². The van der Waals surface area contributed by atoms with Crippen LogP contribution in [0.25, 0.3) is 0 Å². The van der Waals surface area contributed by atoms with E-state index in [2.05, 4.69) is 15.6 Å². The van der Waals surface area contributed by atoms with Gasteiger partial charge in [0.15, 0.2) is 0 Å². The Labute approximate surface area is 137 Å². The van der Waals surface area contributed by atoms with Crippen LogP contribution in [0.1, 0.15) is 0 Å². The van der Waals surface area contributed by atoms with Gasteiger partial charge in [-0.05, 0) is 30.3 Å². The maximum Gasteiger partial charge on any atom is 0.267 e. The Kier molecular flexibility index (Phi) is 5.37. The molecule has 5 nitrogen and oxygen atoms in total. The molecule has 1 aromatic carbocycles. The van der Waals surface area contributed by atoms with Gasteiger partial charge in [0.25, 0.3) is 5.91 Å². The lowest BCUT2D eigenvalue weighted by atomic mass is 10.2. The van der Waals surface area contributed by atoms with E-state index in [-0.39, 0.29) is 5.57 Å². The van der Waals surface area contributed by atoms with Gasteiger partial charge in [0, 0.05) is 28.1 Å². The number of hydrogen-bond acceptors (Lipinski definition) is 4. The molecule has 0 saturated heterocycles. The topological polar surface area (TPSA) is 77.8 Å². The van der Waals surface area contributed by atoms with Gasteiger partial charge in [-0.25, -0.2) is 4.98 Å². The van der Waals surface area contributed by atoms with Crippen LogP contribution in [-0.4, -0.2) is 10.9 Å². The van der Waals surface area contributed by atoms with Crippen molar-refractivity contribution >= 4 is 40.6 Å². The number of nitrogens with one attached hydrogen (secondary N) is 2. The molecule has 0 radical (unpaired) electrons. The third-order valence-electron chi connectivity index (χ3n) is 2.53. The molecule has 22 heavy (non-hydrogen) atoms. The number of hydrogen-bond donors (Lipinski definition) is 2. The molecule has 0 fully saturated rings. The summed E-state index contributed by atoms with van der Waals surface area (Å²) in [6, 6.07) is 11.6. The highest BCUT2D eigenvalue weighted by molar-refractivity contribution is 6.31. The average Bonchev–Trinajstić information content (AvgIpc) is 2.48. The molecule has 0 bridgehead atoms. The monoisotopic (exact) mass is 332 g/mol. The van der Waals surface area contributed by atoms with E-state index >= 15 is 0 Å². The third-order valence-corrected chi connectivity index (χ3v) is 3.00. The first-order chi connectivity index (χ1) is 10.6. The molecular formula is C15H10Cl2N4O. The lowest BCUT2D eigenvalue weighted by Crippen LogP contribution is -2.14. The SMILES string of the molecule is N#C/C(=C/Nc1cc(Cl)ccn1)C(=O)Nc1cccc(Cl)c1. The molecule has 1 amide bonds. The van der Waals surface area contributed by atoms with Gasteiger partial charge < -0.3 is 10.6 Å². The molecular weight excluding hydrogens is 323 g/mol. The molecule has 0 aliphatic carbocycles. The minimum Gasteiger partial charge on any atom is -0.345 e. The molecule has 0 atom stereocenters. The molecule has 7 heteroatoms. The Balaban J connectivity index is 2.09. The summed E-state index contributed by atoms with van der Waals surface area (Å²) in [4.78, 5) is 16.0. The maximum absolute atomic E-state index is 12.0. The molecule has 1 heterocycles. The summed E-state index contributed by atoms with van der Waals surface area (Å²) in [7, 11) is 0. The van der Waals surface area contributed by atoms with Crippen molar-refractivity contribution in [2.75, 3.05) is 10.6 Å². The van der Waals surface area contributed by atoms with Crippen LogP contribution >= 0.6 is 23.2 Å². The fourth-order valence-electron chi connectivity index (χ4n) is 1.54. The molecule has 2 N–H and O–H groups in total. The Morgan fingerprint density at radius 2 is 2.00 bits per heavy atom. The van der Waals surface area contributed by atoms with Crippen molar-refractivity contribution in [1.29, 1.82) is 5.26 Å². The second kappa shape index (κ2) is 7.46. The lowest BCUT2D eigenvalue weighted by Gasteiger charge is -2.05. The standard InChI is InChI=1S/C15H10Cl2N4O/c16-11-2-1-3-13(6-11)21-15(22)10(8-18)9-20-14-7-12(17)4-5-19-14/h1-7,9H,(H,19,20)(H,21,22)/b10-9-. The van der Waals surface area contributed by atoms with Crippen molar-refractivity contribution in [3.05, 3.63) is 64.4 Å². The van der Waals surface area contributed by atoms with Crippen LogP contribution in [0.3, 0.4) is 0 Å². The summed E-state index contributed by atoms with van der Waals surface area (Å²) < 4.78 is 0. The molecule has 2 rings (SSSR count). The minimum atomic E-state index is -0.556. The van der Waals surface area contributed by atoms with Gasteiger partial charge >= 0.3 is 0 Å². The molecule has 2 aromatic rings. The first kappa shape index (κ1) is 15.8. The number of aromatic nitrogens is 1. The summed E-state index contributed by atoms with van der Waals surface area (Å²) in [6.07, 6.45) is 2.77. The number of carbonyl (C=O) groups excluding carboxylic acids is 1. The largest absolute Gasteiger partial charge is 0.345 e. The minimum absolute atomic E-state index is 0.109. The number of anilines is 2. The third kappa shape index (κ3) is 4.48. The normalized spacial score (nSPS) is 10.7. The fourth-order valence-corrected chi connectivity index (χ4v) is 1.89. The Morgan fingerprint density at radius 3 is 2.68 bits per heavy atom. The summed E-state index contributed by atoms with van der Waals surface area (Å²) in [5, 5.41) is 15.4. The molecule has 0 aliphatic heterocycles. The van der Waals surface area contributed by atoms with Crippen LogP contribution in [0.2, 0.25) is 10.0 Å². The van der Waals surface area contributed by atoms with E-state index in [0.29, 0.717) is 21.6 Å². The zero-order valence-corrected chi connectivity index (χ0v) is 12.7. The highest BCUT2D eigenvalue weighted by atomic mass is 35.5. The van der Waals surface area contributed by atoms with Gasteiger partial charge in [-0.2, -0.15) is 5.26 Å². The number of amides is 1. The number of rotatable bonds is 4. The van der Waals surface area contributed by atoms with Crippen molar-refractivity contribution in [3.63, 3.8) is 0 Å². The van der Waals surface area contributed by atoms with Crippen molar-refractivity contribution in [3.8, 4) is 6.07 Å². The Bertz CT molecular complexity index is 768. The van der Waals surface area contributed by atoms with E-state index in [1.54, 1.807) is 36.4 Å². The Hall–Kier alpha value is -2.55. The molecule has 0 aliphatic rings. The van der Waals surface area contributed by atoms with E-state index in [4.69, 9.17) is 28.5 Å². The van der Waals surface area contributed by atoms with Gasteiger partial charge in [-0.1, -0.05) is 29.3 Å². The zero-order chi connectivity index (χ0) is 15.9. The quantitative estimate of drug-likeness (QED) is 0.658. The molecule has 0 spiro atoms. The van der Waals surface area contributed by atoms with Crippen LogP contribution in [0, 0.1) is 11.3 Å². The van der Waals surface area contributed by atoms with E-state index in [1.165, 1.54) is 12.4 Å². The second-order valence-electron chi connectivity index (χ2n) is 4.14. The van der Waals surface area contributed by atoms with Crippen molar-refractivity contribution in [2.45, 2.75) is 0 Å². The maximum atomic E-state index is 12.0. The van der Waals surface area contributed by atoms with Crippen molar-refractivity contribution < 1.29 is 4.79 Å². The van der Waals surface area contributed by atoms with Gasteiger partial charge in [-0.15, -0.1) is 0 Å². The zero-order valence-electron chi connectivity index (χ0n) is 11.2. The molecule has 0 unspecified atom stereocenters. The number of halogens is 2. The van der Waals surface area contributed by atoms with Gasteiger partial charge in [-0.3, -0.25) is 4.79 Å². The molecule has 0 saturated carbocycles. The van der Waals surface area contributed by atoms with E-state index in [9.17, 15) is 4.79 Å². The van der Waals surface area contributed by atoms with Crippen LogP contribution in [0.5, 0.6) is 0 Å².